The van der Waals surface area contributed by atoms with Crippen molar-refractivity contribution in [1.29, 1.82) is 0 Å². The summed E-state index contributed by atoms with van der Waals surface area (Å²) >= 11 is 0. The minimum Gasteiger partial charge on any atom is -0.463 e. The molecule has 106 valence electrons. The summed E-state index contributed by atoms with van der Waals surface area (Å²) in [5, 5.41) is 3.33. The lowest BCUT2D eigenvalue weighted by atomic mass is 10.1. The van der Waals surface area contributed by atoms with E-state index in [-0.39, 0.29) is 5.76 Å². The predicted molar refractivity (Wildman–Crippen MR) is 72.0 cm³/mol. The second kappa shape index (κ2) is 7.31. The molecule has 0 atom stereocenters. The van der Waals surface area contributed by atoms with Crippen molar-refractivity contribution in [3.05, 3.63) is 23.7 Å². The molecule has 1 aliphatic heterocycles. The van der Waals surface area contributed by atoms with E-state index in [0.717, 1.165) is 18.8 Å². The Labute approximate surface area is 113 Å². The number of nitrogens with one attached hydrogen (secondary N) is 1. The van der Waals surface area contributed by atoms with E-state index in [0.29, 0.717) is 6.54 Å². The lowest BCUT2D eigenvalue weighted by Crippen LogP contribution is -2.35. The second-order valence-electron chi connectivity index (χ2n) is 4.84. The number of carbonyl (C=O) groups is 1. The van der Waals surface area contributed by atoms with E-state index in [4.69, 9.17) is 4.42 Å². The van der Waals surface area contributed by atoms with Crippen molar-refractivity contribution >= 4 is 5.97 Å². The standard InChI is InChI=1S/C14H22N2O3/c1-18-14(17)13-6-5-12(19-13)11-15-7-10-16-8-3-2-4-9-16/h5-6,15H,2-4,7-11H2,1H3. The smallest absolute Gasteiger partial charge is 0.373 e. The van der Waals surface area contributed by atoms with Gasteiger partial charge in [0.2, 0.25) is 5.76 Å². The highest BCUT2D eigenvalue weighted by atomic mass is 16.5. The molecule has 0 unspecified atom stereocenters. The number of piperidine rings is 1. The number of methoxy groups -OCH3 is 1. The number of likely N-dealkylation sites (tertiary alicyclic amines) is 1. The fraction of sp³-hybridized carbons (Fsp3) is 0.643. The monoisotopic (exact) mass is 266 g/mol. The summed E-state index contributed by atoms with van der Waals surface area (Å²) in [6.07, 6.45) is 4.01. The molecule has 1 aromatic heterocycles. The van der Waals surface area contributed by atoms with Crippen LogP contribution in [0.15, 0.2) is 16.5 Å². The molecule has 5 heteroatoms. The van der Waals surface area contributed by atoms with Crippen molar-refractivity contribution in [2.24, 2.45) is 0 Å². The summed E-state index contributed by atoms with van der Waals surface area (Å²) in [4.78, 5) is 13.7. The highest BCUT2D eigenvalue weighted by Crippen LogP contribution is 2.09. The third-order valence-corrected chi connectivity index (χ3v) is 3.40. The van der Waals surface area contributed by atoms with Gasteiger partial charge in [-0.05, 0) is 38.1 Å². The van der Waals surface area contributed by atoms with Crippen LogP contribution >= 0.6 is 0 Å². The highest BCUT2D eigenvalue weighted by molar-refractivity contribution is 5.86. The maximum absolute atomic E-state index is 11.2. The number of hydrogen-bond donors (Lipinski definition) is 1. The Bertz CT molecular complexity index is 397. The first-order chi connectivity index (χ1) is 9.29. The van der Waals surface area contributed by atoms with Crippen LogP contribution in [-0.4, -0.2) is 44.2 Å². The summed E-state index contributed by atoms with van der Waals surface area (Å²) < 4.78 is 9.97. The number of nitrogens with zero attached hydrogens (tertiary/aromatic N) is 1. The van der Waals surface area contributed by atoms with Crippen molar-refractivity contribution in [1.82, 2.24) is 10.2 Å². The van der Waals surface area contributed by atoms with Crippen LogP contribution in [0.5, 0.6) is 0 Å². The topological polar surface area (TPSA) is 54.7 Å². The zero-order valence-electron chi connectivity index (χ0n) is 11.5. The Kier molecular flexibility index (Phi) is 5.42. The average molecular weight is 266 g/mol. The molecule has 0 spiro atoms. The molecule has 0 aromatic carbocycles. The zero-order chi connectivity index (χ0) is 13.5. The summed E-state index contributed by atoms with van der Waals surface area (Å²) in [6.45, 7) is 5.09. The second-order valence-corrected chi connectivity index (χ2v) is 4.84. The van der Waals surface area contributed by atoms with E-state index in [1.807, 2.05) is 0 Å². The first-order valence-corrected chi connectivity index (χ1v) is 6.89. The SMILES string of the molecule is COC(=O)c1ccc(CNCCN2CCCCC2)o1. The van der Waals surface area contributed by atoms with Gasteiger partial charge in [0.05, 0.1) is 13.7 Å². The molecule has 2 heterocycles. The van der Waals surface area contributed by atoms with Crippen LogP contribution < -0.4 is 5.32 Å². The van der Waals surface area contributed by atoms with E-state index in [2.05, 4.69) is 15.0 Å². The lowest BCUT2D eigenvalue weighted by Gasteiger charge is -2.26. The molecule has 1 aromatic rings. The number of esters is 1. The fourth-order valence-corrected chi connectivity index (χ4v) is 2.31. The molecular weight excluding hydrogens is 244 g/mol. The van der Waals surface area contributed by atoms with Gasteiger partial charge in [0.15, 0.2) is 0 Å². The third kappa shape index (κ3) is 4.36. The maximum Gasteiger partial charge on any atom is 0.373 e. The number of ether oxygens (including phenoxy) is 1. The van der Waals surface area contributed by atoms with Crippen LogP contribution in [0.3, 0.4) is 0 Å². The van der Waals surface area contributed by atoms with E-state index in [9.17, 15) is 4.79 Å². The molecule has 0 radical (unpaired) electrons. The van der Waals surface area contributed by atoms with Gasteiger partial charge in [0.25, 0.3) is 0 Å². The van der Waals surface area contributed by atoms with Crippen LogP contribution in [0.25, 0.3) is 0 Å². The summed E-state index contributed by atoms with van der Waals surface area (Å²) in [5.74, 6) is 0.592. The molecular formula is C14H22N2O3. The summed E-state index contributed by atoms with van der Waals surface area (Å²) in [6, 6.07) is 3.45. The van der Waals surface area contributed by atoms with E-state index < -0.39 is 5.97 Å². The molecule has 0 aliphatic carbocycles. The first-order valence-electron chi connectivity index (χ1n) is 6.89. The largest absolute Gasteiger partial charge is 0.463 e. The van der Waals surface area contributed by atoms with Crippen molar-refractivity contribution in [2.45, 2.75) is 25.8 Å². The number of carbonyl (C=O) groups excluding carboxylic acids is 1. The summed E-state index contributed by atoms with van der Waals surface area (Å²) in [7, 11) is 1.35. The summed E-state index contributed by atoms with van der Waals surface area (Å²) in [5.41, 5.74) is 0. The predicted octanol–water partition coefficient (Wildman–Crippen LogP) is 1.64. The average Bonchev–Trinajstić information content (AvgIpc) is 2.93. The fourth-order valence-electron chi connectivity index (χ4n) is 2.31. The van der Waals surface area contributed by atoms with Crippen LogP contribution in [0.4, 0.5) is 0 Å². The van der Waals surface area contributed by atoms with Gasteiger partial charge in [0.1, 0.15) is 5.76 Å². The van der Waals surface area contributed by atoms with Gasteiger partial charge in [-0.2, -0.15) is 0 Å². The molecule has 1 saturated heterocycles. The molecule has 5 nitrogen and oxygen atoms in total. The van der Waals surface area contributed by atoms with Gasteiger partial charge in [-0.1, -0.05) is 6.42 Å². The molecule has 19 heavy (non-hydrogen) atoms. The number of rotatable bonds is 6. The molecule has 0 saturated carbocycles. The van der Waals surface area contributed by atoms with Crippen LogP contribution in [0, 0.1) is 0 Å². The van der Waals surface area contributed by atoms with Crippen LogP contribution in [0.1, 0.15) is 35.6 Å². The van der Waals surface area contributed by atoms with Gasteiger partial charge in [-0.3, -0.25) is 0 Å². The molecule has 1 fully saturated rings. The molecule has 1 N–H and O–H groups in total. The number of hydrogen-bond acceptors (Lipinski definition) is 5. The Morgan fingerprint density at radius 3 is 2.89 bits per heavy atom. The molecule has 0 bridgehead atoms. The highest BCUT2D eigenvalue weighted by Gasteiger charge is 2.11. The lowest BCUT2D eigenvalue weighted by molar-refractivity contribution is 0.0563. The maximum atomic E-state index is 11.2. The Morgan fingerprint density at radius 2 is 2.16 bits per heavy atom. The molecule has 2 rings (SSSR count). The normalized spacial score (nSPS) is 16.5. The van der Waals surface area contributed by atoms with Gasteiger partial charge < -0.3 is 19.4 Å². The van der Waals surface area contributed by atoms with Crippen LogP contribution in [0.2, 0.25) is 0 Å². The van der Waals surface area contributed by atoms with E-state index in [1.54, 1.807) is 12.1 Å². The van der Waals surface area contributed by atoms with Gasteiger partial charge in [0, 0.05) is 13.1 Å². The van der Waals surface area contributed by atoms with Crippen molar-refractivity contribution in [3.63, 3.8) is 0 Å². The van der Waals surface area contributed by atoms with E-state index in [1.165, 1.54) is 39.5 Å². The Hall–Kier alpha value is -1.33. The van der Waals surface area contributed by atoms with Crippen molar-refractivity contribution in [2.75, 3.05) is 33.3 Å². The Morgan fingerprint density at radius 1 is 1.37 bits per heavy atom. The first kappa shape index (κ1) is 14.1. The van der Waals surface area contributed by atoms with Crippen LogP contribution in [-0.2, 0) is 11.3 Å². The minimum atomic E-state index is -0.431. The van der Waals surface area contributed by atoms with E-state index >= 15 is 0 Å². The Balaban J connectivity index is 1.65. The van der Waals surface area contributed by atoms with Gasteiger partial charge in [-0.25, -0.2) is 4.79 Å². The molecule has 0 amide bonds. The number of furan rings is 1. The van der Waals surface area contributed by atoms with Gasteiger partial charge in [-0.15, -0.1) is 0 Å². The third-order valence-electron chi connectivity index (χ3n) is 3.40. The minimum absolute atomic E-state index is 0.260. The van der Waals surface area contributed by atoms with Crippen molar-refractivity contribution < 1.29 is 13.9 Å². The van der Waals surface area contributed by atoms with Gasteiger partial charge >= 0.3 is 5.97 Å². The quantitative estimate of drug-likeness (QED) is 0.626. The van der Waals surface area contributed by atoms with Crippen molar-refractivity contribution in [3.8, 4) is 0 Å². The zero-order valence-corrected chi connectivity index (χ0v) is 11.5. The molecule has 1 aliphatic rings.